The molecule has 48 heavy (non-hydrogen) atoms. The largest absolute Gasteiger partial charge is 0.460 e. The van der Waals surface area contributed by atoms with E-state index in [1.807, 2.05) is 0 Å². The van der Waals surface area contributed by atoms with Gasteiger partial charge in [0, 0.05) is 24.5 Å². The van der Waals surface area contributed by atoms with Gasteiger partial charge in [-0.05, 0) is 41.5 Å². The molecule has 0 spiro atoms. The maximum atomic E-state index is 14.9. The molecule has 0 aliphatic heterocycles. The third-order valence-electron chi connectivity index (χ3n) is 6.20. The van der Waals surface area contributed by atoms with Crippen LogP contribution in [-0.2, 0) is 26.9 Å². The zero-order valence-electron chi connectivity index (χ0n) is 24.9. The number of hydrogen-bond donors (Lipinski definition) is 1. The predicted molar refractivity (Wildman–Crippen MR) is 155 cm³/mol. The number of esters is 1. The van der Waals surface area contributed by atoms with Crippen LogP contribution in [0.3, 0.4) is 0 Å². The number of rotatable bonds is 15. The molecule has 1 N–H and O–H groups in total. The minimum absolute atomic E-state index is 0.0724. The van der Waals surface area contributed by atoms with Crippen molar-refractivity contribution in [2.75, 3.05) is 0 Å². The Morgan fingerprint density at radius 2 is 1.65 bits per heavy atom. The van der Waals surface area contributed by atoms with Crippen LogP contribution in [-0.4, -0.2) is 29.9 Å². The number of amides is 1. The van der Waals surface area contributed by atoms with Gasteiger partial charge in [-0.25, -0.2) is 13.2 Å². The van der Waals surface area contributed by atoms with E-state index in [1.54, 1.807) is 18.2 Å². The molecule has 0 saturated heterocycles. The summed E-state index contributed by atoms with van der Waals surface area (Å²) < 4.78 is 143. The summed E-state index contributed by atoms with van der Waals surface area (Å²) >= 11 is 0. The summed E-state index contributed by atoms with van der Waals surface area (Å²) in [5.74, 6) is -7.11. The van der Waals surface area contributed by atoms with E-state index in [0.29, 0.717) is 23.8 Å². The van der Waals surface area contributed by atoms with Crippen LogP contribution in [0.4, 0.5) is 43.9 Å². The quantitative estimate of drug-likeness (QED) is 0.0876. The maximum absolute atomic E-state index is 14.9. The Labute approximate surface area is 268 Å². The Balaban J connectivity index is 2.70. The molecule has 15 heteroatoms. The van der Waals surface area contributed by atoms with Crippen molar-refractivity contribution >= 4 is 11.9 Å². The smallest absolute Gasteiger partial charge is 0.436 e. The van der Waals surface area contributed by atoms with E-state index in [1.165, 1.54) is 19.1 Å². The molecule has 0 aliphatic rings. The number of halogens is 10. The SMILES string of the molecule is C=C(OC(=O)CC)/C(F)=C\C=C\[C@@](Cc1ccccc1)(NC(=O)c1ccc(F)c(C(F)(F)F)c1)C(=C)/C=C(F)\C=C\OC(F)(F)C(F)F. The lowest BCUT2D eigenvalue weighted by Crippen LogP contribution is -2.50. The molecular formula is C33H27F10NO4. The Hall–Kier alpha value is -5.08. The number of nitrogens with one attached hydrogen (secondary N) is 1. The number of allylic oxidation sites excluding steroid dienone is 5. The monoisotopic (exact) mass is 691 g/mol. The number of benzene rings is 2. The molecule has 1 amide bonds. The highest BCUT2D eigenvalue weighted by atomic mass is 19.4. The summed E-state index contributed by atoms with van der Waals surface area (Å²) in [5, 5.41) is 2.38. The minimum atomic E-state index is -5.20. The van der Waals surface area contributed by atoms with Gasteiger partial charge in [0.15, 0.2) is 11.6 Å². The second-order valence-corrected chi connectivity index (χ2v) is 9.74. The van der Waals surface area contributed by atoms with E-state index in [9.17, 15) is 53.5 Å². The Kier molecular flexibility index (Phi) is 13.6. The molecule has 0 aliphatic carbocycles. The first kappa shape index (κ1) is 39.1. The summed E-state index contributed by atoms with van der Waals surface area (Å²) in [6.07, 6.45) is -11.5. The summed E-state index contributed by atoms with van der Waals surface area (Å²) in [4.78, 5) is 24.9. The van der Waals surface area contributed by atoms with Gasteiger partial charge in [0.05, 0.1) is 17.4 Å². The third kappa shape index (κ3) is 11.3. The fourth-order valence-electron chi connectivity index (χ4n) is 3.75. The number of alkyl halides is 7. The van der Waals surface area contributed by atoms with Gasteiger partial charge < -0.3 is 14.8 Å². The third-order valence-corrected chi connectivity index (χ3v) is 6.20. The molecular weight excluding hydrogens is 664 g/mol. The van der Waals surface area contributed by atoms with Crippen LogP contribution < -0.4 is 5.32 Å². The molecule has 0 radical (unpaired) electrons. The molecule has 258 valence electrons. The zero-order valence-corrected chi connectivity index (χ0v) is 24.9. The van der Waals surface area contributed by atoms with E-state index < -0.39 is 76.1 Å². The lowest BCUT2D eigenvalue weighted by Gasteiger charge is -2.33. The van der Waals surface area contributed by atoms with Crippen LogP contribution in [0, 0.1) is 5.82 Å². The predicted octanol–water partition coefficient (Wildman–Crippen LogP) is 9.23. The summed E-state index contributed by atoms with van der Waals surface area (Å²) in [5.41, 5.74) is -4.63. The van der Waals surface area contributed by atoms with E-state index in [4.69, 9.17) is 0 Å². The molecule has 0 saturated carbocycles. The molecule has 0 bridgehead atoms. The number of ether oxygens (including phenoxy) is 2. The lowest BCUT2D eigenvalue weighted by molar-refractivity contribution is -0.274. The Morgan fingerprint density at radius 3 is 2.23 bits per heavy atom. The normalized spacial score (nSPS) is 14.2. The van der Waals surface area contributed by atoms with Gasteiger partial charge in [0.25, 0.3) is 5.91 Å². The van der Waals surface area contributed by atoms with Crippen molar-refractivity contribution in [3.8, 4) is 0 Å². The van der Waals surface area contributed by atoms with Crippen molar-refractivity contribution in [3.63, 3.8) is 0 Å². The highest BCUT2D eigenvalue weighted by Gasteiger charge is 2.43. The molecule has 2 aromatic carbocycles. The topological polar surface area (TPSA) is 64.6 Å². The maximum Gasteiger partial charge on any atom is 0.460 e. The van der Waals surface area contributed by atoms with Crippen molar-refractivity contribution in [1.29, 1.82) is 0 Å². The van der Waals surface area contributed by atoms with Crippen molar-refractivity contribution in [1.82, 2.24) is 5.32 Å². The molecule has 1 atom stereocenters. The highest BCUT2D eigenvalue weighted by Crippen LogP contribution is 2.33. The van der Waals surface area contributed by atoms with E-state index in [0.717, 1.165) is 18.2 Å². The number of carbonyl (C=O) groups is 2. The van der Waals surface area contributed by atoms with Crippen molar-refractivity contribution in [2.45, 2.75) is 44.0 Å². The first-order chi connectivity index (χ1) is 22.3. The fourth-order valence-corrected chi connectivity index (χ4v) is 3.75. The highest BCUT2D eigenvalue weighted by molar-refractivity contribution is 5.95. The second-order valence-electron chi connectivity index (χ2n) is 9.74. The van der Waals surface area contributed by atoms with E-state index in [2.05, 4.69) is 27.9 Å². The first-order valence-corrected chi connectivity index (χ1v) is 13.6. The van der Waals surface area contributed by atoms with Crippen LogP contribution in [0.2, 0.25) is 0 Å². The molecule has 0 fully saturated rings. The second kappa shape index (κ2) is 16.7. The summed E-state index contributed by atoms with van der Waals surface area (Å²) in [6.45, 7) is 8.38. The minimum Gasteiger partial charge on any atom is -0.436 e. The van der Waals surface area contributed by atoms with Gasteiger partial charge in [0.2, 0.25) is 0 Å². The number of carbonyl (C=O) groups excluding carboxylic acids is 2. The molecule has 5 nitrogen and oxygen atoms in total. The van der Waals surface area contributed by atoms with Crippen molar-refractivity contribution in [2.24, 2.45) is 0 Å². The lowest BCUT2D eigenvalue weighted by atomic mass is 9.82. The molecule has 0 aromatic heterocycles. The Morgan fingerprint density at radius 1 is 1.00 bits per heavy atom. The molecule has 0 heterocycles. The van der Waals surface area contributed by atoms with E-state index >= 15 is 0 Å². The number of hydrogen-bond acceptors (Lipinski definition) is 4. The van der Waals surface area contributed by atoms with Gasteiger partial charge >= 0.3 is 24.7 Å². The van der Waals surface area contributed by atoms with Gasteiger partial charge in [0.1, 0.15) is 11.6 Å². The Bertz CT molecular complexity index is 1610. The summed E-state index contributed by atoms with van der Waals surface area (Å²) in [6, 6.07) is 9.08. The molecule has 0 unspecified atom stereocenters. The van der Waals surface area contributed by atoms with Crippen molar-refractivity contribution in [3.05, 3.63) is 144 Å². The molecule has 2 aromatic rings. The first-order valence-electron chi connectivity index (χ1n) is 13.6. The van der Waals surface area contributed by atoms with E-state index in [-0.39, 0.29) is 31.2 Å². The standard InChI is InChI=1S/C33H27F10NO4/c1-4-28(45)48-21(3)26(35)11-8-15-31(19-22-9-6-5-7-10-22,20(2)17-24(34)14-16-47-33(42,43)30(37)38)44-29(46)23-12-13-27(36)25(18-23)32(39,40)41/h5-18,30H,2-4,19H2,1H3,(H,44,46)/b15-8+,16-14+,24-17+,26-11+/t31-/m0/s1. The molecule has 2 rings (SSSR count). The summed E-state index contributed by atoms with van der Waals surface area (Å²) in [7, 11) is 0. The zero-order chi connectivity index (χ0) is 36.3. The van der Waals surface area contributed by atoms with Crippen LogP contribution in [0.1, 0.15) is 34.8 Å². The van der Waals surface area contributed by atoms with Gasteiger partial charge in [-0.3, -0.25) is 9.59 Å². The van der Waals surface area contributed by atoms with Crippen molar-refractivity contribution < 1.29 is 63.0 Å². The van der Waals surface area contributed by atoms with Gasteiger partial charge in [-0.15, -0.1) is 0 Å². The fraction of sp³-hybridized carbons (Fsp3) is 0.212. The van der Waals surface area contributed by atoms with Gasteiger partial charge in [-0.2, -0.15) is 30.7 Å². The average molecular weight is 692 g/mol. The van der Waals surface area contributed by atoms with Crippen LogP contribution in [0.5, 0.6) is 0 Å². The van der Waals surface area contributed by atoms with Crippen LogP contribution in [0.25, 0.3) is 0 Å². The van der Waals surface area contributed by atoms with Crippen LogP contribution >= 0.6 is 0 Å². The average Bonchev–Trinajstić information content (AvgIpc) is 3.00. The van der Waals surface area contributed by atoms with Gasteiger partial charge in [-0.1, -0.05) is 62.6 Å². The van der Waals surface area contributed by atoms with Crippen LogP contribution in [0.15, 0.2) is 121 Å².